The molecule has 0 saturated carbocycles. The lowest BCUT2D eigenvalue weighted by Crippen LogP contribution is -2.42. The minimum atomic E-state index is -1.09. The first kappa shape index (κ1) is 21.0. The number of thioether (sulfide) groups is 1. The highest BCUT2D eigenvalue weighted by molar-refractivity contribution is 7.98. The summed E-state index contributed by atoms with van der Waals surface area (Å²) in [6.07, 6.45) is 3.59. The lowest BCUT2D eigenvalue weighted by Gasteiger charge is -2.15. The van der Waals surface area contributed by atoms with Crippen molar-refractivity contribution in [2.24, 2.45) is 0 Å². The Morgan fingerprint density at radius 2 is 1.90 bits per heavy atom. The van der Waals surface area contributed by atoms with Crippen molar-refractivity contribution in [1.82, 2.24) is 5.32 Å². The molecule has 8 heteroatoms. The van der Waals surface area contributed by atoms with Gasteiger partial charge in [-0.05, 0) is 56.4 Å². The molecule has 1 aromatic carbocycles. The summed E-state index contributed by atoms with van der Waals surface area (Å²) < 4.78 is 11.1. The van der Waals surface area contributed by atoms with Crippen molar-refractivity contribution in [3.05, 3.63) is 45.0 Å². The molecule has 0 aliphatic carbocycles. The zero-order valence-electron chi connectivity index (χ0n) is 16.8. The Labute approximate surface area is 171 Å². The molecule has 0 aliphatic rings. The Balaban J connectivity index is 1.98. The van der Waals surface area contributed by atoms with Gasteiger partial charge >= 0.3 is 11.6 Å². The standard InChI is InChI=1S/C21H23NO6S/c1-10-9-27-18-12(3)19-14(7-13(10)18)11(2)15(21(26)28-19)8-17(23)22-16(20(24)25)5-6-29-4/h7,9,16H,5-6,8H2,1-4H3,(H,22,23)(H,24,25). The van der Waals surface area contributed by atoms with Gasteiger partial charge in [0.05, 0.1) is 18.2 Å². The van der Waals surface area contributed by atoms with E-state index in [1.807, 2.05) is 26.2 Å². The number of aryl methyl sites for hydroxylation is 3. The molecule has 0 bridgehead atoms. The van der Waals surface area contributed by atoms with Gasteiger partial charge in [-0.2, -0.15) is 11.8 Å². The van der Waals surface area contributed by atoms with E-state index in [-0.39, 0.29) is 12.0 Å². The van der Waals surface area contributed by atoms with Crippen LogP contribution in [0.2, 0.25) is 0 Å². The summed E-state index contributed by atoms with van der Waals surface area (Å²) in [6, 6.07) is 0.910. The second-order valence-electron chi connectivity index (χ2n) is 7.08. The highest BCUT2D eigenvalue weighted by Gasteiger charge is 2.23. The van der Waals surface area contributed by atoms with E-state index in [9.17, 15) is 19.5 Å². The third-order valence-electron chi connectivity index (χ3n) is 5.12. The molecule has 2 N–H and O–H groups in total. The van der Waals surface area contributed by atoms with Crippen LogP contribution in [0, 0.1) is 20.8 Å². The number of carboxylic acid groups (broad SMARTS) is 1. The van der Waals surface area contributed by atoms with Crippen LogP contribution in [0.15, 0.2) is 26.0 Å². The fourth-order valence-corrected chi connectivity index (χ4v) is 3.89. The van der Waals surface area contributed by atoms with Gasteiger partial charge in [-0.15, -0.1) is 0 Å². The predicted molar refractivity (Wildman–Crippen MR) is 113 cm³/mol. The van der Waals surface area contributed by atoms with Crippen LogP contribution < -0.4 is 10.9 Å². The van der Waals surface area contributed by atoms with E-state index in [2.05, 4.69) is 5.32 Å². The number of benzene rings is 1. The van der Waals surface area contributed by atoms with E-state index < -0.39 is 23.5 Å². The summed E-state index contributed by atoms with van der Waals surface area (Å²) in [4.78, 5) is 36.4. The number of furan rings is 1. The van der Waals surface area contributed by atoms with Crippen LogP contribution >= 0.6 is 11.8 Å². The number of hydrogen-bond acceptors (Lipinski definition) is 6. The second kappa shape index (κ2) is 8.32. The van der Waals surface area contributed by atoms with Gasteiger partial charge in [0, 0.05) is 16.3 Å². The lowest BCUT2D eigenvalue weighted by molar-refractivity contribution is -0.141. The van der Waals surface area contributed by atoms with E-state index in [0.29, 0.717) is 28.9 Å². The highest BCUT2D eigenvalue weighted by atomic mass is 32.2. The molecule has 3 aromatic rings. The van der Waals surface area contributed by atoms with Crippen LogP contribution in [-0.4, -0.2) is 35.0 Å². The molecular formula is C21H23NO6S. The SMILES string of the molecule is CSCCC(NC(=O)Cc1c(C)c2cc3c(C)coc3c(C)c2oc1=O)C(=O)O. The highest BCUT2D eigenvalue weighted by Crippen LogP contribution is 2.32. The minimum absolute atomic E-state index is 0.226. The minimum Gasteiger partial charge on any atom is -0.480 e. The quantitative estimate of drug-likeness (QED) is 0.567. The maximum Gasteiger partial charge on any atom is 0.340 e. The molecule has 0 aliphatic heterocycles. The number of carbonyl (C=O) groups excluding carboxylic acids is 1. The topological polar surface area (TPSA) is 110 Å². The number of carbonyl (C=O) groups is 2. The zero-order valence-corrected chi connectivity index (χ0v) is 17.6. The summed E-state index contributed by atoms with van der Waals surface area (Å²) in [5.74, 6) is -1.01. The number of rotatable bonds is 7. The Kier molecular flexibility index (Phi) is 6.02. The van der Waals surface area contributed by atoms with Crippen LogP contribution in [0.25, 0.3) is 21.9 Å². The first-order valence-electron chi connectivity index (χ1n) is 9.19. The number of fused-ring (bicyclic) bond motifs is 2. The van der Waals surface area contributed by atoms with Crippen molar-refractivity contribution < 1.29 is 23.5 Å². The summed E-state index contributed by atoms with van der Waals surface area (Å²) in [7, 11) is 0. The van der Waals surface area contributed by atoms with Crippen LogP contribution in [-0.2, 0) is 16.0 Å². The predicted octanol–water partition coefficient (Wildman–Crippen LogP) is 3.33. The van der Waals surface area contributed by atoms with Gasteiger partial charge in [0.25, 0.3) is 0 Å². The first-order valence-corrected chi connectivity index (χ1v) is 10.6. The molecule has 3 rings (SSSR count). The molecule has 0 spiro atoms. The second-order valence-corrected chi connectivity index (χ2v) is 8.07. The monoisotopic (exact) mass is 417 g/mol. The van der Waals surface area contributed by atoms with Crippen molar-refractivity contribution in [2.75, 3.05) is 12.0 Å². The molecule has 29 heavy (non-hydrogen) atoms. The number of amides is 1. The maximum absolute atomic E-state index is 12.6. The van der Waals surface area contributed by atoms with Gasteiger partial charge in [-0.3, -0.25) is 4.79 Å². The van der Waals surface area contributed by atoms with Crippen LogP contribution in [0.5, 0.6) is 0 Å². The number of aliphatic carboxylic acids is 1. The number of carboxylic acids is 1. The Bertz CT molecular complexity index is 1160. The normalized spacial score (nSPS) is 12.4. The van der Waals surface area contributed by atoms with Crippen molar-refractivity contribution >= 4 is 45.6 Å². The van der Waals surface area contributed by atoms with Crippen molar-refractivity contribution in [3.8, 4) is 0 Å². The third kappa shape index (κ3) is 4.03. The Hall–Kier alpha value is -2.74. The molecule has 1 atom stereocenters. The van der Waals surface area contributed by atoms with Crippen LogP contribution in [0.4, 0.5) is 0 Å². The molecule has 1 amide bonds. The average molecular weight is 417 g/mol. The molecular weight excluding hydrogens is 394 g/mol. The summed E-state index contributed by atoms with van der Waals surface area (Å²) >= 11 is 1.50. The van der Waals surface area contributed by atoms with E-state index in [1.165, 1.54) is 11.8 Å². The molecule has 2 aromatic heterocycles. The van der Waals surface area contributed by atoms with Crippen molar-refractivity contribution in [2.45, 2.75) is 39.7 Å². The smallest absolute Gasteiger partial charge is 0.340 e. The van der Waals surface area contributed by atoms with Gasteiger partial charge in [0.2, 0.25) is 5.91 Å². The molecule has 154 valence electrons. The summed E-state index contributed by atoms with van der Waals surface area (Å²) in [6.45, 7) is 5.52. The van der Waals surface area contributed by atoms with Crippen molar-refractivity contribution in [1.29, 1.82) is 0 Å². The molecule has 7 nitrogen and oxygen atoms in total. The van der Waals surface area contributed by atoms with Gasteiger partial charge in [0.15, 0.2) is 0 Å². The molecule has 1 unspecified atom stereocenters. The first-order chi connectivity index (χ1) is 13.7. The average Bonchev–Trinajstić information content (AvgIpc) is 3.04. The van der Waals surface area contributed by atoms with Crippen LogP contribution in [0.3, 0.4) is 0 Å². The third-order valence-corrected chi connectivity index (χ3v) is 5.76. The zero-order chi connectivity index (χ0) is 21.3. The van der Waals surface area contributed by atoms with E-state index in [4.69, 9.17) is 8.83 Å². The van der Waals surface area contributed by atoms with Gasteiger partial charge in [-0.1, -0.05) is 0 Å². The van der Waals surface area contributed by atoms with Gasteiger partial charge in [-0.25, -0.2) is 9.59 Å². The maximum atomic E-state index is 12.6. The molecule has 2 heterocycles. The molecule has 0 radical (unpaired) electrons. The fraction of sp³-hybridized carbons (Fsp3) is 0.381. The van der Waals surface area contributed by atoms with E-state index >= 15 is 0 Å². The lowest BCUT2D eigenvalue weighted by atomic mass is 9.99. The fourth-order valence-electron chi connectivity index (χ4n) is 3.42. The number of hydrogen-bond donors (Lipinski definition) is 2. The Morgan fingerprint density at radius 3 is 2.55 bits per heavy atom. The number of nitrogens with one attached hydrogen (secondary N) is 1. The largest absolute Gasteiger partial charge is 0.480 e. The van der Waals surface area contributed by atoms with Gasteiger partial charge in [0.1, 0.15) is 17.2 Å². The van der Waals surface area contributed by atoms with E-state index in [1.54, 1.807) is 13.2 Å². The van der Waals surface area contributed by atoms with Gasteiger partial charge < -0.3 is 19.3 Å². The van der Waals surface area contributed by atoms with Crippen molar-refractivity contribution in [3.63, 3.8) is 0 Å². The summed E-state index contributed by atoms with van der Waals surface area (Å²) in [5, 5.41) is 13.4. The molecule has 0 saturated heterocycles. The molecule has 0 fully saturated rings. The Morgan fingerprint density at radius 1 is 1.17 bits per heavy atom. The van der Waals surface area contributed by atoms with Crippen LogP contribution in [0.1, 0.15) is 28.7 Å². The summed E-state index contributed by atoms with van der Waals surface area (Å²) in [5.41, 5.74) is 3.06. The van der Waals surface area contributed by atoms with E-state index in [0.717, 1.165) is 21.9 Å².